The molecule has 2 rings (SSSR count). The van der Waals surface area contributed by atoms with Crippen molar-refractivity contribution < 1.29 is 8.42 Å². The Kier molecular flexibility index (Phi) is 1.41. The average Bonchev–Trinajstić information content (AvgIpc) is 2.55. The first kappa shape index (κ1) is 7.30. The Hall–Kier alpha value is -1.36. The molecule has 1 aromatic rings. The van der Waals surface area contributed by atoms with Crippen LogP contribution in [0.1, 0.15) is 5.69 Å². The standard InChI is InChI=1S/C7H6N2O2S/c10-12(11)3-1-2-7(12)6-4-8-5-9-6/h1-5H,(H,8,9). The largest absolute Gasteiger partial charge is 0.344 e. The number of nitrogens with one attached hydrogen (secondary N) is 1. The SMILES string of the molecule is O=S1(=O)C=CC=C1c1cnc[nH]1. The van der Waals surface area contributed by atoms with Gasteiger partial charge in [-0.2, -0.15) is 0 Å². The molecule has 12 heavy (non-hydrogen) atoms. The van der Waals surface area contributed by atoms with Crippen LogP contribution < -0.4 is 0 Å². The Morgan fingerprint density at radius 3 is 2.75 bits per heavy atom. The van der Waals surface area contributed by atoms with Gasteiger partial charge in [-0.3, -0.25) is 0 Å². The molecule has 0 fully saturated rings. The Morgan fingerprint density at radius 2 is 2.25 bits per heavy atom. The average molecular weight is 182 g/mol. The maximum Gasteiger partial charge on any atom is 0.201 e. The summed E-state index contributed by atoms with van der Waals surface area (Å²) >= 11 is 0. The molecular weight excluding hydrogens is 176 g/mol. The molecule has 1 aliphatic rings. The van der Waals surface area contributed by atoms with Gasteiger partial charge in [0, 0.05) is 5.41 Å². The number of rotatable bonds is 1. The van der Waals surface area contributed by atoms with Crippen LogP contribution in [0.25, 0.3) is 4.91 Å². The molecule has 0 amide bonds. The Morgan fingerprint density at radius 1 is 1.42 bits per heavy atom. The van der Waals surface area contributed by atoms with Crippen LogP contribution in [0.4, 0.5) is 0 Å². The van der Waals surface area contributed by atoms with E-state index in [1.54, 1.807) is 6.08 Å². The Bertz CT molecular complexity index is 440. The van der Waals surface area contributed by atoms with Gasteiger partial charge in [0.2, 0.25) is 9.84 Å². The highest BCUT2D eigenvalue weighted by Gasteiger charge is 2.20. The first-order chi connectivity index (χ1) is 5.70. The van der Waals surface area contributed by atoms with Crippen LogP contribution >= 0.6 is 0 Å². The highest BCUT2D eigenvalue weighted by molar-refractivity contribution is 8.03. The van der Waals surface area contributed by atoms with Crippen LogP contribution in [0.5, 0.6) is 0 Å². The van der Waals surface area contributed by atoms with Crippen molar-refractivity contribution in [2.24, 2.45) is 0 Å². The number of imidazole rings is 1. The van der Waals surface area contributed by atoms with E-state index < -0.39 is 9.84 Å². The van der Waals surface area contributed by atoms with Gasteiger partial charge in [0.05, 0.1) is 23.1 Å². The molecule has 0 atom stereocenters. The van der Waals surface area contributed by atoms with E-state index in [9.17, 15) is 8.42 Å². The van der Waals surface area contributed by atoms with Gasteiger partial charge in [-0.15, -0.1) is 0 Å². The highest BCUT2D eigenvalue weighted by atomic mass is 32.2. The number of H-pyrrole nitrogens is 1. The van der Waals surface area contributed by atoms with Gasteiger partial charge in [-0.05, 0) is 12.2 Å². The number of hydrogen-bond donors (Lipinski definition) is 1. The van der Waals surface area contributed by atoms with Crippen LogP contribution in [0.2, 0.25) is 0 Å². The fraction of sp³-hybridized carbons (Fsp3) is 0. The number of aromatic nitrogens is 2. The van der Waals surface area contributed by atoms with Crippen LogP contribution in [0.3, 0.4) is 0 Å². The summed E-state index contributed by atoms with van der Waals surface area (Å²) in [6.07, 6.45) is 5.98. The van der Waals surface area contributed by atoms with Gasteiger partial charge < -0.3 is 4.98 Å². The number of sulfone groups is 1. The molecule has 5 heteroatoms. The normalized spacial score (nSPS) is 19.5. The van der Waals surface area contributed by atoms with Gasteiger partial charge in [0.25, 0.3) is 0 Å². The number of nitrogens with zero attached hydrogens (tertiary/aromatic N) is 1. The first-order valence-electron chi connectivity index (χ1n) is 3.32. The van der Waals surface area contributed by atoms with Crippen molar-refractivity contribution in [3.63, 3.8) is 0 Å². The van der Waals surface area contributed by atoms with Crippen molar-refractivity contribution in [3.05, 3.63) is 35.8 Å². The van der Waals surface area contributed by atoms with Crippen molar-refractivity contribution in [3.8, 4) is 0 Å². The lowest BCUT2D eigenvalue weighted by Crippen LogP contribution is -1.95. The third kappa shape index (κ3) is 0.984. The molecule has 1 N–H and O–H groups in total. The van der Waals surface area contributed by atoms with E-state index in [0.717, 1.165) is 0 Å². The molecule has 1 aromatic heterocycles. The summed E-state index contributed by atoms with van der Waals surface area (Å²) in [4.78, 5) is 6.76. The zero-order chi connectivity index (χ0) is 8.60. The molecule has 0 bridgehead atoms. The molecule has 0 spiro atoms. The van der Waals surface area contributed by atoms with Crippen molar-refractivity contribution in [1.29, 1.82) is 0 Å². The molecule has 1 aliphatic heterocycles. The minimum absolute atomic E-state index is 0.278. The van der Waals surface area contributed by atoms with Crippen molar-refractivity contribution in [2.75, 3.05) is 0 Å². The highest BCUT2D eigenvalue weighted by Crippen LogP contribution is 2.24. The number of allylic oxidation sites excluding steroid dienone is 2. The predicted octanol–water partition coefficient (Wildman–Crippen LogP) is 0.693. The lowest BCUT2D eigenvalue weighted by atomic mass is 10.4. The fourth-order valence-electron chi connectivity index (χ4n) is 1.03. The summed E-state index contributed by atoms with van der Waals surface area (Å²) in [5.74, 6) is 0. The first-order valence-corrected chi connectivity index (χ1v) is 4.87. The van der Waals surface area contributed by atoms with Crippen LogP contribution in [0, 0.1) is 0 Å². The van der Waals surface area contributed by atoms with Crippen LogP contribution in [-0.2, 0) is 9.84 Å². The second kappa shape index (κ2) is 2.31. The maximum absolute atomic E-state index is 11.3. The van der Waals surface area contributed by atoms with E-state index in [0.29, 0.717) is 5.69 Å². The lowest BCUT2D eigenvalue weighted by Gasteiger charge is -1.95. The molecule has 0 aromatic carbocycles. The summed E-state index contributed by atoms with van der Waals surface area (Å²) in [5.41, 5.74) is 0.528. The molecule has 0 unspecified atom stereocenters. The van der Waals surface area contributed by atoms with Gasteiger partial charge in [0.1, 0.15) is 0 Å². The number of aromatic amines is 1. The summed E-state index contributed by atoms with van der Waals surface area (Å²) < 4.78 is 22.5. The van der Waals surface area contributed by atoms with Crippen LogP contribution in [0.15, 0.2) is 30.1 Å². The monoisotopic (exact) mass is 182 g/mol. The van der Waals surface area contributed by atoms with Crippen LogP contribution in [-0.4, -0.2) is 18.4 Å². The quantitative estimate of drug-likeness (QED) is 0.695. The van der Waals surface area contributed by atoms with Gasteiger partial charge in [-0.1, -0.05) is 0 Å². The van der Waals surface area contributed by atoms with Gasteiger partial charge in [-0.25, -0.2) is 13.4 Å². The Balaban J connectivity index is 2.54. The second-order valence-electron chi connectivity index (χ2n) is 2.37. The minimum Gasteiger partial charge on any atom is -0.344 e. The van der Waals surface area contributed by atoms with Crippen molar-refractivity contribution in [2.45, 2.75) is 0 Å². The lowest BCUT2D eigenvalue weighted by molar-refractivity contribution is 0.614. The zero-order valence-electron chi connectivity index (χ0n) is 6.06. The third-order valence-electron chi connectivity index (χ3n) is 1.58. The molecule has 0 radical (unpaired) electrons. The van der Waals surface area contributed by atoms with E-state index >= 15 is 0 Å². The minimum atomic E-state index is -3.20. The maximum atomic E-state index is 11.3. The fourth-order valence-corrected chi connectivity index (χ4v) is 2.15. The molecule has 62 valence electrons. The molecule has 2 heterocycles. The second-order valence-corrected chi connectivity index (χ2v) is 4.17. The third-order valence-corrected chi connectivity index (χ3v) is 3.06. The van der Waals surface area contributed by atoms with Gasteiger partial charge >= 0.3 is 0 Å². The van der Waals surface area contributed by atoms with Crippen molar-refractivity contribution in [1.82, 2.24) is 9.97 Å². The predicted molar refractivity (Wildman–Crippen MR) is 44.6 cm³/mol. The topological polar surface area (TPSA) is 62.8 Å². The molecular formula is C7H6N2O2S. The molecule has 0 saturated carbocycles. The summed E-state index contributed by atoms with van der Waals surface area (Å²) in [7, 11) is -3.20. The Labute approximate surface area is 69.6 Å². The van der Waals surface area contributed by atoms with E-state index in [2.05, 4.69) is 9.97 Å². The molecule has 0 saturated heterocycles. The van der Waals surface area contributed by atoms with Crippen molar-refractivity contribution >= 4 is 14.7 Å². The smallest absolute Gasteiger partial charge is 0.201 e. The van der Waals surface area contributed by atoms with E-state index in [1.807, 2.05) is 0 Å². The summed E-state index contributed by atoms with van der Waals surface area (Å²) in [6.45, 7) is 0. The van der Waals surface area contributed by atoms with E-state index in [-0.39, 0.29) is 4.91 Å². The van der Waals surface area contributed by atoms with E-state index in [4.69, 9.17) is 0 Å². The summed E-state index contributed by atoms with van der Waals surface area (Å²) in [6, 6.07) is 0. The van der Waals surface area contributed by atoms with Gasteiger partial charge in [0.15, 0.2) is 0 Å². The zero-order valence-corrected chi connectivity index (χ0v) is 6.88. The molecule has 4 nitrogen and oxygen atoms in total. The number of hydrogen-bond acceptors (Lipinski definition) is 3. The molecule has 0 aliphatic carbocycles. The summed E-state index contributed by atoms with van der Waals surface area (Å²) in [5, 5.41) is 1.17. The van der Waals surface area contributed by atoms with E-state index in [1.165, 1.54) is 24.0 Å².